The van der Waals surface area contributed by atoms with Gasteiger partial charge < -0.3 is 0 Å². The van der Waals surface area contributed by atoms with Crippen LogP contribution in [0.2, 0.25) is 0 Å². The van der Waals surface area contributed by atoms with E-state index in [0.717, 1.165) is 12.6 Å². The lowest BCUT2D eigenvalue weighted by Gasteiger charge is -2.00. The number of aryl methyl sites for hydroxylation is 1. The summed E-state index contributed by atoms with van der Waals surface area (Å²) in [5.41, 5.74) is 0.974. The summed E-state index contributed by atoms with van der Waals surface area (Å²) < 4.78 is 59.4. The van der Waals surface area contributed by atoms with E-state index >= 15 is 0 Å². The number of benzene rings is 1. The minimum absolute atomic E-state index is 0.0632. The van der Waals surface area contributed by atoms with Crippen molar-refractivity contribution in [3.8, 4) is 0 Å². The first kappa shape index (κ1) is 15.6. The molecule has 0 N–H and O–H groups in total. The predicted octanol–water partition coefficient (Wildman–Crippen LogP) is 6.15. The van der Waals surface area contributed by atoms with Gasteiger partial charge in [-0.05, 0) is 19.1 Å². The minimum Gasteiger partial charge on any atom is -0.230 e. The molecule has 0 fully saturated rings. The van der Waals surface area contributed by atoms with Gasteiger partial charge in [-0.15, -0.1) is 21.3 Å². The second-order valence-corrected chi connectivity index (χ2v) is 7.60. The maximum absolute atomic E-state index is 13.1. The van der Waals surface area contributed by atoms with Gasteiger partial charge >= 0.3 is 15.7 Å². The van der Waals surface area contributed by atoms with E-state index in [9.17, 15) is 16.8 Å². The summed E-state index contributed by atoms with van der Waals surface area (Å²) >= 11 is 0. The lowest BCUT2D eigenvalue weighted by atomic mass is 10.2. The summed E-state index contributed by atoms with van der Waals surface area (Å²) in [6.45, 7) is 1.85. The Bertz CT molecular complexity index is 543. The third-order valence-electron chi connectivity index (χ3n) is 1.76. The summed E-state index contributed by atoms with van der Waals surface area (Å²) in [6, 6.07) is 6.68. The van der Waals surface area contributed by atoms with E-state index in [1.165, 1.54) is 0 Å². The van der Waals surface area contributed by atoms with Crippen molar-refractivity contribution in [2.45, 2.75) is 6.92 Å². The maximum Gasteiger partial charge on any atom is 0.424 e. The standard InChI is InChI=1S/C8H10F4N3P3/c1-7-3-5-8(6-4-7)16-14-18(11,12)15-17(9,10)13-2/h3-6H,1-2H3. The number of nitrogens with zero attached hydrogens (tertiary/aromatic N) is 3. The van der Waals surface area contributed by atoms with Crippen LogP contribution < -0.4 is 5.30 Å². The number of hydrogen-bond acceptors (Lipinski definition) is 1. The molecule has 0 saturated carbocycles. The Labute approximate surface area is 104 Å². The van der Waals surface area contributed by atoms with Crippen LogP contribution in [0.25, 0.3) is 0 Å². The van der Waals surface area contributed by atoms with Crippen molar-refractivity contribution < 1.29 is 16.8 Å². The van der Waals surface area contributed by atoms with Crippen LogP contribution in [0.3, 0.4) is 0 Å². The van der Waals surface area contributed by atoms with Crippen molar-refractivity contribution in [2.24, 2.45) is 13.8 Å². The van der Waals surface area contributed by atoms with E-state index in [-0.39, 0.29) is 8.37 Å². The fourth-order valence-electron chi connectivity index (χ4n) is 0.904. The van der Waals surface area contributed by atoms with Gasteiger partial charge in [-0.25, -0.2) is 4.74 Å². The molecule has 0 heterocycles. The molecule has 1 aromatic carbocycles. The van der Waals surface area contributed by atoms with Crippen molar-refractivity contribution >= 4 is 29.3 Å². The van der Waals surface area contributed by atoms with Gasteiger partial charge in [-0.3, -0.25) is 0 Å². The van der Waals surface area contributed by atoms with E-state index in [4.69, 9.17) is 0 Å². The van der Waals surface area contributed by atoms with Crippen LogP contribution in [0.1, 0.15) is 5.56 Å². The van der Waals surface area contributed by atoms with Crippen LogP contribution >= 0.6 is 24.0 Å². The molecule has 0 saturated heterocycles. The highest BCUT2D eigenvalue weighted by molar-refractivity contribution is 7.68. The Hall–Kier alpha value is -0.500. The zero-order valence-corrected chi connectivity index (χ0v) is 12.2. The molecule has 1 aromatic rings. The monoisotopic (exact) mass is 317 g/mol. The molecule has 0 atom stereocenters. The van der Waals surface area contributed by atoms with E-state index in [1.54, 1.807) is 24.3 Å². The first-order valence-electron chi connectivity index (χ1n) is 4.67. The van der Waals surface area contributed by atoms with E-state index in [0.29, 0.717) is 5.30 Å². The van der Waals surface area contributed by atoms with Crippen LogP contribution in [-0.4, -0.2) is 7.05 Å². The fraction of sp³-hybridized carbons (Fsp3) is 0.250. The maximum atomic E-state index is 13.1. The normalized spacial score (nSPS) is 12.8. The van der Waals surface area contributed by atoms with Gasteiger partial charge in [0.15, 0.2) is 0 Å². The summed E-state index contributed by atoms with van der Waals surface area (Å²) in [4.78, 5) is 0. The lowest BCUT2D eigenvalue weighted by Crippen LogP contribution is -1.88. The number of hydrogen-bond donors (Lipinski definition) is 0. The average Bonchev–Trinajstić information content (AvgIpc) is 2.27. The summed E-state index contributed by atoms with van der Waals surface area (Å²) in [5, 5.41) is 0.505. The average molecular weight is 317 g/mol. The summed E-state index contributed by atoms with van der Waals surface area (Å²) in [6.07, 6.45) is 0. The van der Waals surface area contributed by atoms with Crippen LogP contribution in [0.15, 0.2) is 38.0 Å². The molecular formula is C8H10F4N3P3. The first-order chi connectivity index (χ1) is 8.24. The molecule has 0 aliphatic heterocycles. The lowest BCUT2D eigenvalue weighted by molar-refractivity contribution is 0.701. The molecule has 10 heteroatoms. The van der Waals surface area contributed by atoms with Gasteiger partial charge in [0.05, 0.1) is 8.37 Å². The van der Waals surface area contributed by atoms with Crippen molar-refractivity contribution in [3.05, 3.63) is 29.8 Å². The molecule has 1 rings (SSSR count). The van der Waals surface area contributed by atoms with Crippen molar-refractivity contribution in [1.82, 2.24) is 0 Å². The first-order valence-corrected chi connectivity index (χ1v) is 8.47. The Morgan fingerprint density at radius 1 is 1.00 bits per heavy atom. The van der Waals surface area contributed by atoms with Gasteiger partial charge in [0, 0.05) is 12.4 Å². The minimum atomic E-state index is -5.31. The molecule has 100 valence electrons. The molecule has 0 aromatic heterocycles. The molecule has 0 aliphatic carbocycles. The number of rotatable bonds is 3. The van der Waals surface area contributed by atoms with Gasteiger partial charge in [-0.2, -0.15) is 4.52 Å². The highest BCUT2D eigenvalue weighted by atomic mass is 31.3. The quantitative estimate of drug-likeness (QED) is 0.473. The van der Waals surface area contributed by atoms with Crippen LogP contribution in [0.5, 0.6) is 0 Å². The van der Waals surface area contributed by atoms with Gasteiger partial charge in [0.25, 0.3) is 0 Å². The molecule has 0 bridgehead atoms. The summed E-state index contributed by atoms with van der Waals surface area (Å²) in [5.74, 6) is 0. The Balaban J connectivity index is 2.99. The molecule has 0 radical (unpaired) electrons. The Kier molecular flexibility index (Phi) is 5.27. The SMILES string of the molecule is CN=P(F)(F)N=P(F)(F)N=Pc1ccc(C)cc1. The van der Waals surface area contributed by atoms with Crippen molar-refractivity contribution in [1.29, 1.82) is 0 Å². The molecule has 3 nitrogen and oxygen atoms in total. The molecule has 18 heavy (non-hydrogen) atoms. The fourth-order valence-corrected chi connectivity index (χ4v) is 3.85. The highest BCUT2D eigenvalue weighted by Crippen LogP contribution is 2.69. The predicted molar refractivity (Wildman–Crippen MR) is 69.2 cm³/mol. The van der Waals surface area contributed by atoms with E-state index in [1.807, 2.05) is 6.92 Å². The molecule has 0 unspecified atom stereocenters. The smallest absolute Gasteiger partial charge is 0.230 e. The van der Waals surface area contributed by atoms with E-state index < -0.39 is 15.7 Å². The molecule has 0 spiro atoms. The van der Waals surface area contributed by atoms with E-state index in [2.05, 4.69) is 13.8 Å². The summed E-state index contributed by atoms with van der Waals surface area (Å²) in [7, 11) is -9.83. The van der Waals surface area contributed by atoms with Crippen LogP contribution in [-0.2, 0) is 0 Å². The zero-order chi connectivity index (χ0) is 13.8. The van der Waals surface area contributed by atoms with Gasteiger partial charge in [0.1, 0.15) is 0 Å². The second kappa shape index (κ2) is 6.10. The Morgan fingerprint density at radius 2 is 1.56 bits per heavy atom. The van der Waals surface area contributed by atoms with Gasteiger partial charge in [-0.1, -0.05) is 17.7 Å². The molecular weight excluding hydrogens is 307 g/mol. The third kappa shape index (κ3) is 5.43. The molecule has 0 aliphatic rings. The topological polar surface area (TPSA) is 37.1 Å². The van der Waals surface area contributed by atoms with Crippen LogP contribution in [0, 0.1) is 6.92 Å². The van der Waals surface area contributed by atoms with Crippen molar-refractivity contribution in [3.63, 3.8) is 0 Å². The number of halogens is 4. The second-order valence-electron chi connectivity index (χ2n) is 3.23. The van der Waals surface area contributed by atoms with Crippen molar-refractivity contribution in [2.75, 3.05) is 7.05 Å². The third-order valence-corrected chi connectivity index (χ3v) is 5.71. The van der Waals surface area contributed by atoms with Crippen LogP contribution in [0.4, 0.5) is 16.8 Å². The largest absolute Gasteiger partial charge is 0.424 e. The highest BCUT2D eigenvalue weighted by Gasteiger charge is 2.25. The van der Waals surface area contributed by atoms with Gasteiger partial charge in [0.2, 0.25) is 0 Å². The zero-order valence-electron chi connectivity index (χ0n) is 9.50. The Morgan fingerprint density at radius 3 is 2.06 bits per heavy atom. The molecule has 0 amide bonds.